The van der Waals surface area contributed by atoms with Gasteiger partial charge in [0.1, 0.15) is 0 Å². The first-order chi connectivity index (χ1) is 9.72. The summed E-state index contributed by atoms with van der Waals surface area (Å²) in [6.45, 7) is 3.28. The minimum Gasteiger partial charge on any atom is -0.362 e. The van der Waals surface area contributed by atoms with Crippen LogP contribution in [0, 0.1) is 17.6 Å². The number of aromatic nitrogens is 1. The second-order valence-corrected chi connectivity index (χ2v) is 5.66. The average Bonchev–Trinajstić information content (AvgIpc) is 2.88. The fourth-order valence-corrected chi connectivity index (χ4v) is 3.36. The molecule has 0 saturated carbocycles. The van der Waals surface area contributed by atoms with Crippen LogP contribution in [0.3, 0.4) is 0 Å². The van der Waals surface area contributed by atoms with Crippen LogP contribution in [0.1, 0.15) is 12.8 Å². The first kappa shape index (κ1) is 12.1. The molecule has 4 nitrogen and oxygen atoms in total. The van der Waals surface area contributed by atoms with E-state index in [1.54, 1.807) is 0 Å². The summed E-state index contributed by atoms with van der Waals surface area (Å²) in [5, 5.41) is 7.71. The fourth-order valence-electron chi connectivity index (χ4n) is 3.36. The maximum absolute atomic E-state index is 13.6. The van der Waals surface area contributed by atoms with E-state index in [1.165, 1.54) is 18.9 Å². The van der Waals surface area contributed by atoms with E-state index in [-0.39, 0.29) is 5.58 Å². The van der Waals surface area contributed by atoms with Gasteiger partial charge in [-0.15, -0.1) is 0 Å². The maximum Gasteiger partial charge on any atom is 0.207 e. The number of rotatable bonds is 2. The van der Waals surface area contributed by atoms with Gasteiger partial charge in [0, 0.05) is 12.6 Å². The fraction of sp³-hybridized carbons (Fsp3) is 0.500. The third-order valence-electron chi connectivity index (χ3n) is 4.51. The Balaban J connectivity index is 1.65. The van der Waals surface area contributed by atoms with E-state index >= 15 is 0 Å². The lowest BCUT2D eigenvalue weighted by atomic mass is 9.84. The molecule has 1 aromatic heterocycles. The van der Waals surface area contributed by atoms with E-state index in [1.807, 2.05) is 0 Å². The van der Waals surface area contributed by atoms with Crippen molar-refractivity contribution in [2.24, 2.45) is 5.92 Å². The standard InChI is InChI=1S/C14H15F2N3O/c15-10-2-1-9-13(12(10)16)20-18-14(9)17-11-7-19-5-3-8(11)4-6-19/h1-2,8,11H,3-7H2,(H,17,18)/t11-/m1/s1. The predicted octanol–water partition coefficient (Wildman–Crippen LogP) is 2.61. The number of benzene rings is 1. The Morgan fingerprint density at radius 3 is 2.75 bits per heavy atom. The second-order valence-electron chi connectivity index (χ2n) is 5.66. The van der Waals surface area contributed by atoms with Gasteiger partial charge in [0.25, 0.3) is 0 Å². The number of nitrogens with one attached hydrogen (secondary N) is 1. The lowest BCUT2D eigenvalue weighted by Crippen LogP contribution is -2.53. The highest BCUT2D eigenvalue weighted by Crippen LogP contribution is 2.32. The van der Waals surface area contributed by atoms with Crippen molar-refractivity contribution in [3.63, 3.8) is 0 Å². The van der Waals surface area contributed by atoms with E-state index < -0.39 is 11.6 Å². The molecule has 1 N–H and O–H groups in total. The summed E-state index contributed by atoms with van der Waals surface area (Å²) < 4.78 is 31.7. The van der Waals surface area contributed by atoms with Crippen LogP contribution in [0.2, 0.25) is 0 Å². The van der Waals surface area contributed by atoms with Crippen molar-refractivity contribution in [2.45, 2.75) is 18.9 Å². The summed E-state index contributed by atoms with van der Waals surface area (Å²) in [6.07, 6.45) is 2.35. The van der Waals surface area contributed by atoms with Crippen LogP contribution in [0.15, 0.2) is 16.7 Å². The summed E-state index contributed by atoms with van der Waals surface area (Å²) in [6, 6.07) is 2.92. The van der Waals surface area contributed by atoms with Crippen molar-refractivity contribution >= 4 is 16.8 Å². The van der Waals surface area contributed by atoms with Crippen LogP contribution in [0.4, 0.5) is 14.6 Å². The van der Waals surface area contributed by atoms with Crippen LogP contribution in [0.25, 0.3) is 11.0 Å². The Morgan fingerprint density at radius 2 is 2.05 bits per heavy atom. The molecule has 0 radical (unpaired) electrons. The minimum atomic E-state index is -0.975. The summed E-state index contributed by atoms with van der Waals surface area (Å²) >= 11 is 0. The molecule has 3 aliphatic heterocycles. The average molecular weight is 279 g/mol. The Morgan fingerprint density at radius 1 is 1.25 bits per heavy atom. The monoisotopic (exact) mass is 279 g/mol. The van der Waals surface area contributed by atoms with Crippen molar-refractivity contribution in [1.29, 1.82) is 0 Å². The topological polar surface area (TPSA) is 41.3 Å². The Bertz CT molecular complexity index is 649. The normalized spacial score (nSPS) is 29.0. The Hall–Kier alpha value is -1.69. The second kappa shape index (κ2) is 4.41. The molecule has 4 heterocycles. The van der Waals surface area contributed by atoms with Crippen LogP contribution in [-0.2, 0) is 0 Å². The summed E-state index contributed by atoms with van der Waals surface area (Å²) in [5.41, 5.74) is -0.117. The van der Waals surface area contributed by atoms with E-state index in [9.17, 15) is 8.78 Å². The molecule has 0 spiro atoms. The van der Waals surface area contributed by atoms with Gasteiger partial charge in [0.05, 0.1) is 5.39 Å². The van der Waals surface area contributed by atoms with Gasteiger partial charge in [-0.25, -0.2) is 4.39 Å². The highest BCUT2D eigenvalue weighted by atomic mass is 19.2. The van der Waals surface area contributed by atoms with E-state index in [2.05, 4.69) is 15.4 Å². The van der Waals surface area contributed by atoms with Crippen LogP contribution in [0.5, 0.6) is 0 Å². The quantitative estimate of drug-likeness (QED) is 0.917. The molecule has 2 bridgehead atoms. The van der Waals surface area contributed by atoms with Gasteiger partial charge in [0.2, 0.25) is 11.4 Å². The number of halogens is 2. The zero-order valence-electron chi connectivity index (χ0n) is 10.9. The SMILES string of the molecule is Fc1ccc2c(N[C@@H]3CN4CCC3CC4)noc2c1F. The third-order valence-corrected chi connectivity index (χ3v) is 4.51. The molecule has 6 heteroatoms. The lowest BCUT2D eigenvalue weighted by Gasteiger charge is -2.44. The maximum atomic E-state index is 13.6. The molecule has 0 unspecified atom stereocenters. The molecular formula is C14H15F2N3O. The zero-order chi connectivity index (χ0) is 13.7. The molecule has 2 aromatic rings. The highest BCUT2D eigenvalue weighted by molar-refractivity contribution is 5.88. The molecule has 106 valence electrons. The molecule has 0 aliphatic carbocycles. The van der Waals surface area contributed by atoms with Gasteiger partial charge in [-0.2, -0.15) is 4.39 Å². The number of anilines is 1. The number of hydrogen-bond donors (Lipinski definition) is 1. The molecule has 3 fully saturated rings. The van der Waals surface area contributed by atoms with Gasteiger partial charge >= 0.3 is 0 Å². The first-order valence-corrected chi connectivity index (χ1v) is 6.94. The molecule has 5 rings (SSSR count). The van der Waals surface area contributed by atoms with Crippen molar-refractivity contribution in [1.82, 2.24) is 10.1 Å². The summed E-state index contributed by atoms with van der Waals surface area (Å²) in [5.74, 6) is -0.755. The van der Waals surface area contributed by atoms with E-state index in [0.717, 1.165) is 25.7 Å². The molecule has 3 aliphatic rings. The van der Waals surface area contributed by atoms with Crippen LogP contribution in [-0.4, -0.2) is 35.7 Å². The lowest BCUT2D eigenvalue weighted by molar-refractivity contribution is 0.0973. The minimum absolute atomic E-state index is 0.117. The molecule has 1 atom stereocenters. The van der Waals surface area contributed by atoms with Crippen molar-refractivity contribution in [3.8, 4) is 0 Å². The number of piperidine rings is 3. The number of nitrogens with zero attached hydrogens (tertiary/aromatic N) is 2. The van der Waals surface area contributed by atoms with Crippen molar-refractivity contribution in [2.75, 3.05) is 25.0 Å². The largest absolute Gasteiger partial charge is 0.362 e. The molecule has 3 saturated heterocycles. The smallest absolute Gasteiger partial charge is 0.207 e. The van der Waals surface area contributed by atoms with E-state index in [4.69, 9.17) is 4.52 Å². The van der Waals surface area contributed by atoms with Gasteiger partial charge in [-0.3, -0.25) is 0 Å². The molecule has 0 amide bonds. The van der Waals surface area contributed by atoms with Crippen molar-refractivity contribution < 1.29 is 13.3 Å². The first-order valence-electron chi connectivity index (χ1n) is 6.94. The van der Waals surface area contributed by atoms with Gasteiger partial charge < -0.3 is 14.7 Å². The Labute approximate surface area is 114 Å². The van der Waals surface area contributed by atoms with Crippen molar-refractivity contribution in [3.05, 3.63) is 23.8 Å². The number of hydrogen-bond acceptors (Lipinski definition) is 4. The summed E-state index contributed by atoms with van der Waals surface area (Å²) in [4.78, 5) is 2.42. The highest BCUT2D eigenvalue weighted by Gasteiger charge is 2.34. The molecular weight excluding hydrogens is 264 g/mol. The Kier molecular flexibility index (Phi) is 2.66. The predicted molar refractivity (Wildman–Crippen MR) is 70.5 cm³/mol. The third kappa shape index (κ3) is 1.78. The molecule has 1 aromatic carbocycles. The van der Waals surface area contributed by atoms with E-state index in [0.29, 0.717) is 23.2 Å². The van der Waals surface area contributed by atoms with Gasteiger partial charge in [-0.1, -0.05) is 5.16 Å². The van der Waals surface area contributed by atoms with Gasteiger partial charge in [-0.05, 0) is 44.0 Å². The zero-order valence-corrected chi connectivity index (χ0v) is 10.9. The van der Waals surface area contributed by atoms with Gasteiger partial charge in [0.15, 0.2) is 11.6 Å². The van der Waals surface area contributed by atoms with Crippen LogP contribution >= 0.6 is 0 Å². The number of fused-ring (bicyclic) bond motifs is 4. The molecule has 20 heavy (non-hydrogen) atoms. The summed E-state index contributed by atoms with van der Waals surface area (Å²) in [7, 11) is 0. The van der Waals surface area contributed by atoms with Crippen LogP contribution < -0.4 is 5.32 Å².